The van der Waals surface area contributed by atoms with Crippen LogP contribution in [-0.2, 0) is 0 Å². The van der Waals surface area contributed by atoms with E-state index < -0.39 is 0 Å². The van der Waals surface area contributed by atoms with Crippen molar-refractivity contribution in [3.63, 3.8) is 0 Å². The smallest absolute Gasteiger partial charge is 0.122 e. The van der Waals surface area contributed by atoms with Crippen molar-refractivity contribution in [1.82, 2.24) is 0 Å². The molecular formula is C16H24O2. The highest BCUT2D eigenvalue weighted by Crippen LogP contribution is 2.36. The van der Waals surface area contributed by atoms with Crippen LogP contribution in [0.5, 0.6) is 5.75 Å². The van der Waals surface area contributed by atoms with Gasteiger partial charge in [-0.15, -0.1) is 0 Å². The van der Waals surface area contributed by atoms with Crippen molar-refractivity contribution in [1.29, 1.82) is 0 Å². The highest BCUT2D eigenvalue weighted by atomic mass is 16.5. The maximum absolute atomic E-state index is 10.1. The number of hydrogen-bond donors (Lipinski definition) is 1. The van der Waals surface area contributed by atoms with Gasteiger partial charge >= 0.3 is 0 Å². The van der Waals surface area contributed by atoms with E-state index in [0.29, 0.717) is 5.92 Å². The highest BCUT2D eigenvalue weighted by molar-refractivity contribution is 5.37. The van der Waals surface area contributed by atoms with Crippen molar-refractivity contribution >= 4 is 0 Å². The average molecular weight is 248 g/mol. The van der Waals surface area contributed by atoms with E-state index in [2.05, 4.69) is 19.1 Å². The minimum atomic E-state index is -0.160. The summed E-state index contributed by atoms with van der Waals surface area (Å²) in [6.07, 6.45) is 6.27. The summed E-state index contributed by atoms with van der Waals surface area (Å²) in [4.78, 5) is 0. The van der Waals surface area contributed by atoms with Crippen molar-refractivity contribution in [3.05, 3.63) is 29.8 Å². The Morgan fingerprint density at radius 2 is 2.17 bits per heavy atom. The molecule has 2 heteroatoms. The van der Waals surface area contributed by atoms with Crippen LogP contribution in [0.15, 0.2) is 24.3 Å². The number of aliphatic hydroxyl groups is 1. The van der Waals surface area contributed by atoms with E-state index in [4.69, 9.17) is 4.74 Å². The van der Waals surface area contributed by atoms with Crippen LogP contribution in [0.3, 0.4) is 0 Å². The van der Waals surface area contributed by atoms with E-state index in [1.54, 1.807) is 0 Å². The Labute approximate surface area is 110 Å². The molecule has 2 unspecified atom stereocenters. The van der Waals surface area contributed by atoms with Gasteiger partial charge in [0.2, 0.25) is 0 Å². The summed E-state index contributed by atoms with van der Waals surface area (Å²) in [5.74, 6) is 1.47. The van der Waals surface area contributed by atoms with Crippen LogP contribution in [-0.4, -0.2) is 17.8 Å². The second-order valence-electron chi connectivity index (χ2n) is 5.26. The third-order valence-electron chi connectivity index (χ3n) is 3.78. The summed E-state index contributed by atoms with van der Waals surface area (Å²) in [6, 6.07) is 8.24. The van der Waals surface area contributed by atoms with Gasteiger partial charge in [0.1, 0.15) is 5.75 Å². The van der Waals surface area contributed by atoms with Crippen molar-refractivity contribution in [2.75, 3.05) is 6.61 Å². The van der Waals surface area contributed by atoms with Gasteiger partial charge < -0.3 is 9.84 Å². The van der Waals surface area contributed by atoms with Gasteiger partial charge in [-0.3, -0.25) is 0 Å². The Hall–Kier alpha value is -1.02. The first kappa shape index (κ1) is 13.4. The molecule has 0 aromatic heterocycles. The lowest BCUT2D eigenvalue weighted by atomic mass is 9.87. The molecule has 2 rings (SSSR count). The Morgan fingerprint density at radius 3 is 3.00 bits per heavy atom. The third-order valence-corrected chi connectivity index (χ3v) is 3.78. The van der Waals surface area contributed by atoms with Crippen molar-refractivity contribution in [2.45, 2.75) is 57.5 Å². The second kappa shape index (κ2) is 6.79. The number of para-hydroxylation sites is 1. The summed E-state index contributed by atoms with van der Waals surface area (Å²) in [6.45, 7) is 2.98. The number of fused-ring (bicyclic) bond motifs is 1. The Morgan fingerprint density at radius 1 is 1.33 bits per heavy atom. The van der Waals surface area contributed by atoms with Crippen LogP contribution in [0.2, 0.25) is 0 Å². The summed E-state index contributed by atoms with van der Waals surface area (Å²) in [7, 11) is 0. The fourth-order valence-electron chi connectivity index (χ4n) is 2.74. The molecule has 0 fully saturated rings. The first-order valence-electron chi connectivity index (χ1n) is 7.21. The summed E-state index contributed by atoms with van der Waals surface area (Å²) in [5.41, 5.74) is 1.28. The number of hydrogen-bond acceptors (Lipinski definition) is 2. The molecule has 0 saturated carbocycles. The minimum Gasteiger partial charge on any atom is -0.493 e. The molecule has 18 heavy (non-hydrogen) atoms. The normalized spacial score (nSPS) is 20.0. The maximum atomic E-state index is 10.1. The minimum absolute atomic E-state index is 0.160. The molecule has 2 atom stereocenters. The number of aliphatic hydroxyl groups excluding tert-OH is 1. The Kier molecular flexibility index (Phi) is 5.06. The first-order valence-corrected chi connectivity index (χ1v) is 7.21. The molecule has 1 N–H and O–H groups in total. The monoisotopic (exact) mass is 248 g/mol. The number of rotatable bonds is 6. The van der Waals surface area contributed by atoms with E-state index in [-0.39, 0.29) is 6.10 Å². The Bertz CT molecular complexity index is 362. The van der Waals surface area contributed by atoms with E-state index >= 15 is 0 Å². The van der Waals surface area contributed by atoms with Gasteiger partial charge in [0.05, 0.1) is 12.7 Å². The third kappa shape index (κ3) is 3.49. The van der Waals surface area contributed by atoms with Gasteiger partial charge in [0, 0.05) is 0 Å². The summed E-state index contributed by atoms with van der Waals surface area (Å²) < 4.78 is 5.65. The molecule has 0 amide bonds. The van der Waals surface area contributed by atoms with E-state index in [9.17, 15) is 5.11 Å². The Balaban J connectivity index is 1.90. The lowest BCUT2D eigenvalue weighted by Gasteiger charge is -2.27. The van der Waals surface area contributed by atoms with Gasteiger partial charge in [0.15, 0.2) is 0 Å². The molecule has 0 spiro atoms. The van der Waals surface area contributed by atoms with Crippen LogP contribution < -0.4 is 4.74 Å². The molecule has 1 aliphatic rings. The molecule has 1 aliphatic heterocycles. The SMILES string of the molecule is CCCCCC(O)CC1CCOc2ccccc21. The largest absolute Gasteiger partial charge is 0.493 e. The molecule has 0 bridgehead atoms. The number of ether oxygens (including phenoxy) is 1. The zero-order chi connectivity index (χ0) is 12.8. The molecule has 0 saturated heterocycles. The van der Waals surface area contributed by atoms with Crippen LogP contribution in [0, 0.1) is 0 Å². The van der Waals surface area contributed by atoms with E-state index in [1.807, 2.05) is 12.1 Å². The fraction of sp³-hybridized carbons (Fsp3) is 0.625. The van der Waals surface area contributed by atoms with E-state index in [1.165, 1.54) is 18.4 Å². The second-order valence-corrected chi connectivity index (χ2v) is 5.26. The maximum Gasteiger partial charge on any atom is 0.122 e. The molecule has 2 nitrogen and oxygen atoms in total. The van der Waals surface area contributed by atoms with Gasteiger partial charge in [0.25, 0.3) is 0 Å². The molecule has 1 heterocycles. The van der Waals surface area contributed by atoms with E-state index in [0.717, 1.165) is 38.0 Å². The van der Waals surface area contributed by atoms with Crippen LogP contribution >= 0.6 is 0 Å². The van der Waals surface area contributed by atoms with Crippen LogP contribution in [0.1, 0.15) is 56.9 Å². The standard InChI is InChI=1S/C16H24O2/c1-2-3-4-7-14(17)12-13-10-11-18-16-9-6-5-8-15(13)16/h5-6,8-9,13-14,17H,2-4,7,10-12H2,1H3. The zero-order valence-corrected chi connectivity index (χ0v) is 11.3. The summed E-state index contributed by atoms with van der Waals surface area (Å²) >= 11 is 0. The number of benzene rings is 1. The predicted octanol–water partition coefficient (Wildman–Crippen LogP) is 3.88. The molecule has 0 aliphatic carbocycles. The lowest BCUT2D eigenvalue weighted by Crippen LogP contribution is -2.19. The zero-order valence-electron chi connectivity index (χ0n) is 11.3. The fourth-order valence-corrected chi connectivity index (χ4v) is 2.74. The molecular weight excluding hydrogens is 224 g/mol. The predicted molar refractivity (Wildman–Crippen MR) is 74.1 cm³/mol. The quantitative estimate of drug-likeness (QED) is 0.774. The van der Waals surface area contributed by atoms with Gasteiger partial charge in [-0.05, 0) is 36.8 Å². The lowest BCUT2D eigenvalue weighted by molar-refractivity contribution is 0.132. The molecule has 0 radical (unpaired) electrons. The molecule has 100 valence electrons. The molecule has 1 aromatic carbocycles. The van der Waals surface area contributed by atoms with Crippen LogP contribution in [0.25, 0.3) is 0 Å². The van der Waals surface area contributed by atoms with Crippen molar-refractivity contribution < 1.29 is 9.84 Å². The number of unbranched alkanes of at least 4 members (excludes halogenated alkanes) is 2. The highest BCUT2D eigenvalue weighted by Gasteiger charge is 2.23. The van der Waals surface area contributed by atoms with Gasteiger partial charge in [-0.25, -0.2) is 0 Å². The topological polar surface area (TPSA) is 29.5 Å². The van der Waals surface area contributed by atoms with Crippen molar-refractivity contribution in [3.8, 4) is 5.75 Å². The van der Waals surface area contributed by atoms with Gasteiger partial charge in [-0.1, -0.05) is 44.4 Å². The average Bonchev–Trinajstić information content (AvgIpc) is 2.39. The molecule has 1 aromatic rings. The summed E-state index contributed by atoms with van der Waals surface area (Å²) in [5, 5.41) is 10.1. The van der Waals surface area contributed by atoms with Crippen molar-refractivity contribution in [2.24, 2.45) is 0 Å². The first-order chi connectivity index (χ1) is 8.81. The van der Waals surface area contributed by atoms with Gasteiger partial charge in [-0.2, -0.15) is 0 Å². The van der Waals surface area contributed by atoms with Crippen LogP contribution in [0.4, 0.5) is 0 Å².